The van der Waals surface area contributed by atoms with Crippen molar-refractivity contribution in [1.82, 2.24) is 10.6 Å². The molecule has 1 aliphatic heterocycles. The molecule has 1 fully saturated rings. The van der Waals surface area contributed by atoms with Crippen molar-refractivity contribution in [2.45, 2.75) is 38.3 Å². The molecule has 0 spiro atoms. The van der Waals surface area contributed by atoms with Gasteiger partial charge in [-0.2, -0.15) is 0 Å². The highest BCUT2D eigenvalue weighted by Crippen LogP contribution is 2.13. The van der Waals surface area contributed by atoms with Gasteiger partial charge in [-0.3, -0.25) is 9.59 Å². The summed E-state index contributed by atoms with van der Waals surface area (Å²) in [5, 5.41) is 6.38. The second-order valence-electron chi connectivity index (χ2n) is 5.55. The first kappa shape index (κ1) is 19.3. The third kappa shape index (κ3) is 6.08. The molecule has 0 saturated carbocycles. The average molecular weight is 342 g/mol. The average Bonchev–Trinajstić information content (AvgIpc) is 2.50. The molecule has 0 aromatic heterocycles. The van der Waals surface area contributed by atoms with Gasteiger partial charge in [-0.05, 0) is 44.5 Å². The molecule has 0 aliphatic carbocycles. The van der Waals surface area contributed by atoms with Crippen LogP contribution in [0.2, 0.25) is 0 Å². The summed E-state index contributed by atoms with van der Waals surface area (Å²) in [7, 11) is 0. The van der Waals surface area contributed by atoms with Crippen molar-refractivity contribution in [3.05, 3.63) is 29.8 Å². The van der Waals surface area contributed by atoms with Crippen LogP contribution in [0, 0.1) is 0 Å². The number of hydrogen-bond acceptors (Lipinski definition) is 4. The molecule has 7 heteroatoms. The van der Waals surface area contributed by atoms with E-state index in [9.17, 15) is 9.59 Å². The number of nitrogens with two attached hydrogens (primary N) is 1. The third-order valence-electron chi connectivity index (χ3n) is 3.82. The van der Waals surface area contributed by atoms with Crippen LogP contribution >= 0.6 is 12.4 Å². The monoisotopic (exact) mass is 341 g/mol. The summed E-state index contributed by atoms with van der Waals surface area (Å²) in [5.74, 6) is 0.0189. The van der Waals surface area contributed by atoms with Crippen LogP contribution in [0.5, 0.6) is 5.75 Å². The maximum absolute atomic E-state index is 11.9. The maximum Gasteiger partial charge on any atom is 0.248 e. The summed E-state index contributed by atoms with van der Waals surface area (Å²) in [6, 6.07) is 7.11. The number of nitrogens with one attached hydrogen (secondary N) is 2. The van der Waals surface area contributed by atoms with E-state index in [1.54, 1.807) is 24.3 Å². The molecule has 2 amide bonds. The highest BCUT2D eigenvalue weighted by Gasteiger charge is 2.22. The molecule has 23 heavy (non-hydrogen) atoms. The summed E-state index contributed by atoms with van der Waals surface area (Å²) in [5.41, 5.74) is 5.60. The van der Waals surface area contributed by atoms with Crippen LogP contribution in [-0.2, 0) is 4.79 Å². The fourth-order valence-electron chi connectivity index (χ4n) is 2.52. The quantitative estimate of drug-likeness (QED) is 0.725. The molecular formula is C16H24ClN3O3. The molecule has 2 unspecified atom stereocenters. The van der Waals surface area contributed by atoms with Crippen molar-refractivity contribution >= 4 is 24.2 Å². The van der Waals surface area contributed by atoms with E-state index in [0.717, 1.165) is 19.4 Å². The second kappa shape index (κ2) is 9.37. The Morgan fingerprint density at radius 3 is 2.91 bits per heavy atom. The Balaban J connectivity index is 0.00000264. The number of hydrogen-bond donors (Lipinski definition) is 3. The van der Waals surface area contributed by atoms with Crippen molar-refractivity contribution in [3.8, 4) is 5.75 Å². The number of rotatable bonds is 6. The molecule has 1 heterocycles. The third-order valence-corrected chi connectivity index (χ3v) is 3.82. The van der Waals surface area contributed by atoms with E-state index < -0.39 is 5.91 Å². The van der Waals surface area contributed by atoms with E-state index in [1.165, 1.54) is 0 Å². The zero-order valence-corrected chi connectivity index (χ0v) is 14.0. The summed E-state index contributed by atoms with van der Waals surface area (Å²) in [4.78, 5) is 23.0. The largest absolute Gasteiger partial charge is 0.493 e. The van der Waals surface area contributed by atoms with E-state index >= 15 is 0 Å². The Morgan fingerprint density at radius 1 is 1.43 bits per heavy atom. The van der Waals surface area contributed by atoms with Gasteiger partial charge >= 0.3 is 0 Å². The summed E-state index contributed by atoms with van der Waals surface area (Å²) < 4.78 is 5.50. The fourth-order valence-corrected chi connectivity index (χ4v) is 2.52. The van der Waals surface area contributed by atoms with Gasteiger partial charge in [0.05, 0.1) is 13.0 Å². The van der Waals surface area contributed by atoms with E-state index in [2.05, 4.69) is 17.6 Å². The number of carbonyl (C=O) groups is 2. The Labute approximate surface area is 142 Å². The number of halogens is 1. The minimum absolute atomic E-state index is 0. The van der Waals surface area contributed by atoms with Gasteiger partial charge in [0.15, 0.2) is 0 Å². The highest BCUT2D eigenvalue weighted by molar-refractivity contribution is 5.93. The topological polar surface area (TPSA) is 93.4 Å². The van der Waals surface area contributed by atoms with Crippen LogP contribution in [0.4, 0.5) is 0 Å². The Bertz CT molecular complexity index is 539. The molecule has 2 rings (SSSR count). The molecule has 2 atom stereocenters. The number of primary amides is 1. The maximum atomic E-state index is 11.9. The minimum atomic E-state index is -0.498. The van der Waals surface area contributed by atoms with Crippen LogP contribution in [0.15, 0.2) is 24.3 Å². The van der Waals surface area contributed by atoms with Crippen molar-refractivity contribution < 1.29 is 14.3 Å². The van der Waals surface area contributed by atoms with Crippen molar-refractivity contribution in [1.29, 1.82) is 0 Å². The Hall–Kier alpha value is -1.79. The van der Waals surface area contributed by atoms with Gasteiger partial charge in [0.1, 0.15) is 5.75 Å². The predicted molar refractivity (Wildman–Crippen MR) is 90.9 cm³/mol. The standard InChI is InChI=1S/C16H23N3O3.ClH/c1-11-14(6-3-8-18-11)19-15(20)7-9-22-13-5-2-4-12(10-13)16(17)21;/h2,4-5,10-11,14,18H,3,6-9H2,1H3,(H2,17,21)(H,19,20);1H. The zero-order valence-electron chi connectivity index (χ0n) is 13.2. The molecule has 4 N–H and O–H groups in total. The van der Waals surface area contributed by atoms with E-state index in [4.69, 9.17) is 10.5 Å². The molecule has 0 radical (unpaired) electrons. The van der Waals surface area contributed by atoms with Gasteiger partial charge in [-0.15, -0.1) is 12.4 Å². The lowest BCUT2D eigenvalue weighted by Gasteiger charge is -2.30. The lowest BCUT2D eigenvalue weighted by Crippen LogP contribution is -2.52. The first-order valence-electron chi connectivity index (χ1n) is 7.61. The minimum Gasteiger partial charge on any atom is -0.493 e. The highest BCUT2D eigenvalue weighted by atomic mass is 35.5. The SMILES string of the molecule is CC1NCCCC1NC(=O)CCOc1cccc(C(N)=O)c1.Cl. The van der Waals surface area contributed by atoms with Crippen LogP contribution in [-0.4, -0.2) is 37.0 Å². The number of benzene rings is 1. The van der Waals surface area contributed by atoms with E-state index in [1.807, 2.05) is 0 Å². The summed E-state index contributed by atoms with van der Waals surface area (Å²) >= 11 is 0. The molecule has 6 nitrogen and oxygen atoms in total. The van der Waals surface area contributed by atoms with Crippen LogP contribution in [0.1, 0.15) is 36.5 Å². The Morgan fingerprint density at radius 2 is 2.22 bits per heavy atom. The molecular weight excluding hydrogens is 318 g/mol. The molecule has 1 aromatic rings. The van der Waals surface area contributed by atoms with Gasteiger partial charge in [-0.25, -0.2) is 0 Å². The van der Waals surface area contributed by atoms with Crippen molar-refractivity contribution in [3.63, 3.8) is 0 Å². The van der Waals surface area contributed by atoms with Gasteiger partial charge in [0.25, 0.3) is 0 Å². The predicted octanol–water partition coefficient (Wildman–Crippen LogP) is 1.23. The first-order valence-corrected chi connectivity index (χ1v) is 7.61. The van der Waals surface area contributed by atoms with E-state index in [0.29, 0.717) is 17.4 Å². The van der Waals surface area contributed by atoms with Crippen LogP contribution < -0.4 is 21.1 Å². The number of carbonyl (C=O) groups excluding carboxylic acids is 2. The van der Waals surface area contributed by atoms with Crippen molar-refractivity contribution in [2.75, 3.05) is 13.2 Å². The normalized spacial score (nSPS) is 20.2. The second-order valence-corrected chi connectivity index (χ2v) is 5.55. The zero-order chi connectivity index (χ0) is 15.9. The lowest BCUT2D eigenvalue weighted by molar-refractivity contribution is -0.122. The smallest absolute Gasteiger partial charge is 0.248 e. The molecule has 1 saturated heterocycles. The summed E-state index contributed by atoms with van der Waals surface area (Å²) in [6.45, 7) is 3.35. The number of amides is 2. The van der Waals surface area contributed by atoms with Crippen LogP contribution in [0.25, 0.3) is 0 Å². The van der Waals surface area contributed by atoms with Gasteiger partial charge < -0.3 is 21.1 Å². The molecule has 0 bridgehead atoms. The van der Waals surface area contributed by atoms with Gasteiger partial charge in [-0.1, -0.05) is 6.07 Å². The number of piperidine rings is 1. The summed E-state index contributed by atoms with van der Waals surface area (Å²) in [6.07, 6.45) is 2.36. The van der Waals surface area contributed by atoms with Gasteiger partial charge in [0.2, 0.25) is 11.8 Å². The van der Waals surface area contributed by atoms with Crippen molar-refractivity contribution in [2.24, 2.45) is 5.73 Å². The molecule has 128 valence electrons. The Kier molecular flexibility index (Phi) is 7.85. The molecule has 1 aliphatic rings. The fraction of sp³-hybridized carbons (Fsp3) is 0.500. The van der Waals surface area contributed by atoms with Crippen LogP contribution in [0.3, 0.4) is 0 Å². The van der Waals surface area contributed by atoms with E-state index in [-0.39, 0.29) is 37.4 Å². The number of ether oxygens (including phenoxy) is 1. The van der Waals surface area contributed by atoms with Gasteiger partial charge in [0, 0.05) is 17.6 Å². The first-order chi connectivity index (χ1) is 10.6. The lowest BCUT2D eigenvalue weighted by atomic mass is 10.00. The molecule has 1 aromatic carbocycles.